The van der Waals surface area contributed by atoms with Gasteiger partial charge in [-0.25, -0.2) is 4.79 Å². The zero-order valence-corrected chi connectivity index (χ0v) is 12.8. The highest BCUT2D eigenvalue weighted by molar-refractivity contribution is 7.98. The smallest absolute Gasteiger partial charge is 0.335 e. The number of furan rings is 1. The van der Waals surface area contributed by atoms with E-state index < -0.39 is 5.97 Å². The van der Waals surface area contributed by atoms with Gasteiger partial charge in [0.05, 0.1) is 17.6 Å². The topological polar surface area (TPSA) is 79.5 Å². The van der Waals surface area contributed by atoms with Gasteiger partial charge >= 0.3 is 5.97 Å². The molecule has 0 unspecified atom stereocenters. The number of carbonyl (C=O) groups excluding carboxylic acids is 1. The van der Waals surface area contributed by atoms with Gasteiger partial charge < -0.3 is 14.8 Å². The van der Waals surface area contributed by atoms with E-state index in [2.05, 4.69) is 5.32 Å². The first-order valence-corrected chi connectivity index (χ1v) is 8.04. The molecule has 0 aliphatic rings. The number of amides is 1. The van der Waals surface area contributed by atoms with Crippen LogP contribution in [0.25, 0.3) is 0 Å². The second kappa shape index (κ2) is 8.29. The summed E-state index contributed by atoms with van der Waals surface area (Å²) in [5.41, 5.74) is 0.638. The molecule has 2 aromatic rings. The lowest BCUT2D eigenvalue weighted by Gasteiger charge is -2.05. The van der Waals surface area contributed by atoms with Crippen LogP contribution in [0.15, 0.2) is 47.1 Å². The third-order valence-corrected chi connectivity index (χ3v) is 4.04. The van der Waals surface area contributed by atoms with Gasteiger partial charge in [-0.3, -0.25) is 4.79 Å². The van der Waals surface area contributed by atoms with Gasteiger partial charge in [0.1, 0.15) is 5.76 Å². The molecule has 1 heterocycles. The van der Waals surface area contributed by atoms with E-state index in [4.69, 9.17) is 9.52 Å². The number of hydrogen-bond donors (Lipinski definition) is 2. The van der Waals surface area contributed by atoms with E-state index in [9.17, 15) is 9.59 Å². The number of aromatic carboxylic acids is 1. The standard InChI is InChI=1S/C16H17NO4S/c18-15(12-4-6-13(7-5-12)16(19)20)17-8-2-10-22-11-14-3-1-9-21-14/h1,3-7,9H,2,8,10-11H2,(H,17,18)(H,19,20). The van der Waals surface area contributed by atoms with Gasteiger partial charge in [-0.2, -0.15) is 11.8 Å². The van der Waals surface area contributed by atoms with E-state index in [1.165, 1.54) is 24.3 Å². The zero-order valence-electron chi connectivity index (χ0n) is 12.0. The summed E-state index contributed by atoms with van der Waals surface area (Å²) < 4.78 is 5.23. The lowest BCUT2D eigenvalue weighted by molar-refractivity contribution is 0.0696. The number of carboxylic acid groups (broad SMARTS) is 1. The van der Waals surface area contributed by atoms with Crippen LogP contribution < -0.4 is 5.32 Å². The van der Waals surface area contributed by atoms with Crippen molar-refractivity contribution in [2.75, 3.05) is 12.3 Å². The molecule has 1 aromatic heterocycles. The average Bonchev–Trinajstić information content (AvgIpc) is 3.04. The summed E-state index contributed by atoms with van der Waals surface area (Å²) in [4.78, 5) is 22.6. The number of benzene rings is 1. The minimum absolute atomic E-state index is 0.172. The summed E-state index contributed by atoms with van der Waals surface area (Å²) in [5, 5.41) is 11.6. The summed E-state index contributed by atoms with van der Waals surface area (Å²) >= 11 is 1.75. The summed E-state index contributed by atoms with van der Waals surface area (Å²) in [6, 6.07) is 9.70. The quantitative estimate of drug-likeness (QED) is 0.731. The minimum atomic E-state index is -1.000. The predicted octanol–water partition coefficient (Wildman–Crippen LogP) is 3.03. The first kappa shape index (κ1) is 16.2. The Morgan fingerprint density at radius 1 is 1.14 bits per heavy atom. The van der Waals surface area contributed by atoms with Crippen molar-refractivity contribution in [3.8, 4) is 0 Å². The fraction of sp³-hybridized carbons (Fsp3) is 0.250. The van der Waals surface area contributed by atoms with E-state index in [1.54, 1.807) is 18.0 Å². The van der Waals surface area contributed by atoms with Crippen LogP contribution in [0.1, 0.15) is 32.9 Å². The summed E-state index contributed by atoms with van der Waals surface area (Å²) in [7, 11) is 0. The van der Waals surface area contributed by atoms with Crippen LogP contribution in [-0.2, 0) is 5.75 Å². The highest BCUT2D eigenvalue weighted by atomic mass is 32.2. The first-order chi connectivity index (χ1) is 10.7. The van der Waals surface area contributed by atoms with Crippen LogP contribution in [-0.4, -0.2) is 29.3 Å². The molecule has 0 radical (unpaired) electrons. The number of carboxylic acids is 1. The number of nitrogens with one attached hydrogen (secondary N) is 1. The fourth-order valence-electron chi connectivity index (χ4n) is 1.81. The molecule has 0 aliphatic heterocycles. The molecule has 2 rings (SSSR count). The molecule has 116 valence electrons. The van der Waals surface area contributed by atoms with Crippen molar-refractivity contribution in [2.45, 2.75) is 12.2 Å². The largest absolute Gasteiger partial charge is 0.478 e. The maximum Gasteiger partial charge on any atom is 0.335 e. The van der Waals surface area contributed by atoms with Crippen molar-refractivity contribution in [3.63, 3.8) is 0 Å². The molecule has 6 heteroatoms. The van der Waals surface area contributed by atoms with E-state index >= 15 is 0 Å². The molecule has 0 atom stereocenters. The molecule has 1 aromatic carbocycles. The molecule has 0 spiro atoms. The van der Waals surface area contributed by atoms with Gasteiger partial charge in [0.25, 0.3) is 5.91 Å². The Hall–Kier alpha value is -2.21. The number of rotatable bonds is 8. The Labute approximate surface area is 132 Å². The lowest BCUT2D eigenvalue weighted by Crippen LogP contribution is -2.24. The summed E-state index contributed by atoms with van der Waals surface area (Å²) in [5.74, 6) is 1.53. The van der Waals surface area contributed by atoms with Crippen molar-refractivity contribution in [1.82, 2.24) is 5.32 Å². The molecule has 22 heavy (non-hydrogen) atoms. The van der Waals surface area contributed by atoms with Crippen LogP contribution in [0.4, 0.5) is 0 Å². The maximum atomic E-state index is 11.9. The molecular formula is C16H17NO4S. The molecule has 0 saturated heterocycles. The van der Waals surface area contributed by atoms with Gasteiger partial charge in [-0.1, -0.05) is 0 Å². The molecule has 1 amide bonds. The molecule has 5 nitrogen and oxygen atoms in total. The third kappa shape index (κ3) is 4.96. The first-order valence-electron chi connectivity index (χ1n) is 6.88. The van der Waals surface area contributed by atoms with Gasteiger partial charge in [0, 0.05) is 12.1 Å². The van der Waals surface area contributed by atoms with E-state index in [-0.39, 0.29) is 11.5 Å². The van der Waals surface area contributed by atoms with Crippen molar-refractivity contribution in [2.24, 2.45) is 0 Å². The highest BCUT2D eigenvalue weighted by Crippen LogP contribution is 2.13. The second-order valence-corrected chi connectivity index (χ2v) is 5.73. The van der Waals surface area contributed by atoms with Crippen molar-refractivity contribution >= 4 is 23.6 Å². The van der Waals surface area contributed by atoms with Crippen molar-refractivity contribution < 1.29 is 19.1 Å². The Balaban J connectivity index is 1.64. The van der Waals surface area contributed by atoms with Gasteiger partial charge in [0.2, 0.25) is 0 Å². The zero-order chi connectivity index (χ0) is 15.8. The van der Waals surface area contributed by atoms with Crippen LogP contribution in [0.2, 0.25) is 0 Å². The number of hydrogen-bond acceptors (Lipinski definition) is 4. The normalized spacial score (nSPS) is 10.4. The molecular weight excluding hydrogens is 302 g/mol. The van der Waals surface area contributed by atoms with Crippen LogP contribution in [0.3, 0.4) is 0 Å². The Bertz CT molecular complexity index is 608. The Kier molecular flexibility index (Phi) is 6.09. The molecule has 0 aliphatic carbocycles. The van der Waals surface area contributed by atoms with E-state index in [0.29, 0.717) is 12.1 Å². The highest BCUT2D eigenvalue weighted by Gasteiger charge is 2.07. The van der Waals surface area contributed by atoms with Gasteiger partial charge in [-0.05, 0) is 48.6 Å². The number of thioether (sulfide) groups is 1. The molecule has 0 bridgehead atoms. The van der Waals surface area contributed by atoms with Crippen LogP contribution >= 0.6 is 11.8 Å². The summed E-state index contributed by atoms with van der Waals surface area (Å²) in [6.45, 7) is 0.588. The minimum Gasteiger partial charge on any atom is -0.478 e. The van der Waals surface area contributed by atoms with E-state index in [1.807, 2.05) is 12.1 Å². The molecule has 0 fully saturated rings. The van der Waals surface area contributed by atoms with Crippen molar-refractivity contribution in [1.29, 1.82) is 0 Å². The van der Waals surface area contributed by atoms with E-state index in [0.717, 1.165) is 23.7 Å². The fourth-order valence-corrected chi connectivity index (χ4v) is 2.67. The van der Waals surface area contributed by atoms with Crippen LogP contribution in [0, 0.1) is 0 Å². The van der Waals surface area contributed by atoms with Crippen LogP contribution in [0.5, 0.6) is 0 Å². The maximum absolute atomic E-state index is 11.9. The third-order valence-electron chi connectivity index (χ3n) is 2.97. The van der Waals surface area contributed by atoms with Gasteiger partial charge in [0.15, 0.2) is 0 Å². The Morgan fingerprint density at radius 3 is 2.50 bits per heavy atom. The lowest BCUT2D eigenvalue weighted by atomic mass is 10.1. The SMILES string of the molecule is O=C(O)c1ccc(C(=O)NCCCSCc2ccco2)cc1. The molecule has 2 N–H and O–H groups in total. The summed E-state index contributed by atoms with van der Waals surface area (Å²) in [6.07, 6.45) is 2.52. The van der Waals surface area contributed by atoms with Crippen molar-refractivity contribution in [3.05, 3.63) is 59.5 Å². The second-order valence-electron chi connectivity index (χ2n) is 4.62. The molecule has 0 saturated carbocycles. The Morgan fingerprint density at radius 2 is 1.86 bits per heavy atom. The number of carbonyl (C=O) groups is 2. The monoisotopic (exact) mass is 319 g/mol. The average molecular weight is 319 g/mol. The van der Waals surface area contributed by atoms with Gasteiger partial charge in [-0.15, -0.1) is 0 Å². The predicted molar refractivity (Wildman–Crippen MR) is 85.2 cm³/mol.